The summed E-state index contributed by atoms with van der Waals surface area (Å²) in [6.07, 6.45) is 0.754. The van der Waals surface area contributed by atoms with E-state index in [-0.39, 0.29) is 5.91 Å². The normalized spacial score (nSPS) is 13.3. The molecule has 3 N–H and O–H groups in total. The number of nitrogen functional groups attached to an aromatic ring is 1. The maximum absolute atomic E-state index is 12.1. The van der Waals surface area contributed by atoms with Gasteiger partial charge in [0.25, 0.3) is 5.91 Å². The van der Waals surface area contributed by atoms with Gasteiger partial charge in [0.15, 0.2) is 0 Å². The Morgan fingerprint density at radius 1 is 1.06 bits per heavy atom. The van der Waals surface area contributed by atoms with E-state index in [1.165, 1.54) is 0 Å². The minimum atomic E-state index is -0.0859. The number of para-hydroxylation sites is 1. The topological polar surface area (TPSA) is 55.1 Å². The van der Waals surface area contributed by atoms with Crippen LogP contribution in [0.1, 0.15) is 21.5 Å². The Bertz CT molecular complexity index is 605. The number of amides is 1. The molecule has 1 amide bonds. The number of nitrogens with two attached hydrogens (primary N) is 1. The predicted molar refractivity (Wildman–Crippen MR) is 68.1 cm³/mol. The van der Waals surface area contributed by atoms with Crippen LogP contribution in [0.5, 0.6) is 0 Å². The summed E-state index contributed by atoms with van der Waals surface area (Å²) in [5, 5.41) is 2.91. The van der Waals surface area contributed by atoms with Crippen molar-refractivity contribution in [3.63, 3.8) is 0 Å². The third-order valence-corrected chi connectivity index (χ3v) is 3.03. The van der Waals surface area contributed by atoms with Crippen LogP contribution < -0.4 is 11.1 Å². The fraction of sp³-hybridized carbons (Fsp3) is 0.0714. The summed E-state index contributed by atoms with van der Waals surface area (Å²) in [5.41, 5.74) is 10.0. The Hall–Kier alpha value is -2.29. The zero-order valence-corrected chi connectivity index (χ0v) is 9.23. The van der Waals surface area contributed by atoms with E-state index in [1.54, 1.807) is 6.07 Å². The van der Waals surface area contributed by atoms with E-state index in [4.69, 9.17) is 5.73 Å². The molecule has 1 aliphatic heterocycles. The van der Waals surface area contributed by atoms with Gasteiger partial charge in [-0.1, -0.05) is 24.3 Å². The van der Waals surface area contributed by atoms with E-state index in [0.717, 1.165) is 23.2 Å². The third kappa shape index (κ3) is 1.65. The Balaban J connectivity index is 2.17. The summed E-state index contributed by atoms with van der Waals surface area (Å²) in [7, 11) is 0. The molecule has 0 fully saturated rings. The lowest BCUT2D eigenvalue weighted by Crippen LogP contribution is -2.12. The molecular weight excluding hydrogens is 212 g/mol. The number of fused-ring (bicyclic) bond motifs is 2. The van der Waals surface area contributed by atoms with Crippen LogP contribution in [0.3, 0.4) is 0 Å². The van der Waals surface area contributed by atoms with E-state index in [1.807, 2.05) is 36.4 Å². The summed E-state index contributed by atoms with van der Waals surface area (Å²) in [6, 6.07) is 13.3. The first kappa shape index (κ1) is 9.90. The van der Waals surface area contributed by atoms with E-state index in [0.29, 0.717) is 11.3 Å². The molecule has 0 aliphatic carbocycles. The highest BCUT2D eigenvalue weighted by atomic mass is 16.1. The summed E-state index contributed by atoms with van der Waals surface area (Å²) in [5.74, 6) is -0.0859. The number of carbonyl (C=O) groups excluding carboxylic acids is 1. The number of nitrogens with one attached hydrogen (secondary N) is 1. The van der Waals surface area contributed by atoms with Gasteiger partial charge in [0.05, 0.1) is 0 Å². The minimum absolute atomic E-state index is 0.0859. The van der Waals surface area contributed by atoms with Gasteiger partial charge >= 0.3 is 0 Å². The van der Waals surface area contributed by atoms with Gasteiger partial charge < -0.3 is 11.1 Å². The summed E-state index contributed by atoms with van der Waals surface area (Å²) in [6.45, 7) is 0. The lowest BCUT2D eigenvalue weighted by Gasteiger charge is -2.04. The van der Waals surface area contributed by atoms with Crippen LogP contribution >= 0.6 is 0 Å². The highest BCUT2D eigenvalue weighted by Gasteiger charge is 2.18. The zero-order valence-electron chi connectivity index (χ0n) is 9.23. The minimum Gasteiger partial charge on any atom is -0.399 e. The molecule has 3 heteroatoms. The largest absolute Gasteiger partial charge is 0.399 e. The maximum atomic E-state index is 12.1. The van der Waals surface area contributed by atoms with Crippen molar-refractivity contribution in [1.82, 2.24) is 0 Å². The smallest absolute Gasteiger partial charge is 0.256 e. The van der Waals surface area contributed by atoms with Crippen LogP contribution in [0.4, 0.5) is 11.4 Å². The fourth-order valence-electron chi connectivity index (χ4n) is 2.15. The zero-order chi connectivity index (χ0) is 11.8. The molecule has 17 heavy (non-hydrogen) atoms. The first-order valence-electron chi connectivity index (χ1n) is 5.52. The SMILES string of the molecule is Nc1ccc2c(c1)C(=O)Nc1ccccc1C2. The van der Waals surface area contributed by atoms with E-state index >= 15 is 0 Å². The average Bonchev–Trinajstić information content (AvgIpc) is 2.46. The standard InChI is InChI=1S/C14H12N2O/c15-11-6-5-9-7-10-3-1-2-4-13(10)16-14(17)12(9)8-11/h1-6,8H,7,15H2,(H,16,17). The van der Waals surface area contributed by atoms with Gasteiger partial charge in [-0.25, -0.2) is 0 Å². The van der Waals surface area contributed by atoms with Crippen LogP contribution in [-0.4, -0.2) is 5.91 Å². The molecule has 3 nitrogen and oxygen atoms in total. The van der Waals surface area contributed by atoms with Gasteiger partial charge in [0.2, 0.25) is 0 Å². The van der Waals surface area contributed by atoms with E-state index in [9.17, 15) is 4.79 Å². The molecule has 84 valence electrons. The monoisotopic (exact) mass is 224 g/mol. The molecular formula is C14H12N2O. The molecule has 0 saturated carbocycles. The van der Waals surface area contributed by atoms with Crippen LogP contribution in [0.15, 0.2) is 42.5 Å². The van der Waals surface area contributed by atoms with Gasteiger partial charge in [-0.05, 0) is 29.3 Å². The molecule has 0 spiro atoms. The van der Waals surface area contributed by atoms with Crippen molar-refractivity contribution in [2.45, 2.75) is 6.42 Å². The number of carbonyl (C=O) groups is 1. The van der Waals surface area contributed by atoms with Gasteiger partial charge in [-0.2, -0.15) is 0 Å². The summed E-state index contributed by atoms with van der Waals surface area (Å²) in [4.78, 5) is 12.1. The summed E-state index contributed by atoms with van der Waals surface area (Å²) < 4.78 is 0. The van der Waals surface area contributed by atoms with Crippen molar-refractivity contribution in [3.05, 3.63) is 59.2 Å². The van der Waals surface area contributed by atoms with Gasteiger partial charge in [-0.15, -0.1) is 0 Å². The van der Waals surface area contributed by atoms with Gasteiger partial charge in [-0.3, -0.25) is 4.79 Å². The predicted octanol–water partition coefficient (Wildman–Crippen LogP) is 2.43. The highest BCUT2D eigenvalue weighted by Crippen LogP contribution is 2.26. The van der Waals surface area contributed by atoms with Crippen molar-refractivity contribution >= 4 is 17.3 Å². The molecule has 0 unspecified atom stereocenters. The van der Waals surface area contributed by atoms with E-state index in [2.05, 4.69) is 5.32 Å². The molecule has 2 aromatic rings. The van der Waals surface area contributed by atoms with E-state index < -0.39 is 0 Å². The summed E-state index contributed by atoms with van der Waals surface area (Å²) >= 11 is 0. The second kappa shape index (κ2) is 3.63. The third-order valence-electron chi connectivity index (χ3n) is 3.03. The Labute approximate surface area is 99.3 Å². The van der Waals surface area contributed by atoms with Crippen LogP contribution in [0.2, 0.25) is 0 Å². The number of hydrogen-bond donors (Lipinski definition) is 2. The van der Waals surface area contributed by atoms with Crippen molar-refractivity contribution in [3.8, 4) is 0 Å². The first-order chi connectivity index (χ1) is 8.24. The Morgan fingerprint density at radius 3 is 2.76 bits per heavy atom. The van der Waals surface area contributed by atoms with Crippen molar-refractivity contribution in [2.75, 3.05) is 11.1 Å². The second-order valence-corrected chi connectivity index (χ2v) is 4.20. The van der Waals surface area contributed by atoms with Crippen LogP contribution in [0.25, 0.3) is 0 Å². The van der Waals surface area contributed by atoms with Crippen LogP contribution in [-0.2, 0) is 6.42 Å². The number of hydrogen-bond acceptors (Lipinski definition) is 2. The molecule has 3 rings (SSSR count). The van der Waals surface area contributed by atoms with Crippen LogP contribution in [0, 0.1) is 0 Å². The molecule has 0 radical (unpaired) electrons. The van der Waals surface area contributed by atoms with Gasteiger partial charge in [0, 0.05) is 23.4 Å². The number of benzene rings is 2. The van der Waals surface area contributed by atoms with Gasteiger partial charge in [0.1, 0.15) is 0 Å². The Kier molecular flexibility index (Phi) is 2.11. The maximum Gasteiger partial charge on any atom is 0.256 e. The molecule has 1 heterocycles. The molecule has 0 atom stereocenters. The van der Waals surface area contributed by atoms with Crippen molar-refractivity contribution < 1.29 is 4.79 Å². The first-order valence-corrected chi connectivity index (χ1v) is 5.52. The average molecular weight is 224 g/mol. The highest BCUT2D eigenvalue weighted by molar-refractivity contribution is 6.07. The molecule has 2 aromatic carbocycles. The molecule has 0 aromatic heterocycles. The quantitative estimate of drug-likeness (QED) is 0.675. The molecule has 0 bridgehead atoms. The second-order valence-electron chi connectivity index (χ2n) is 4.20. The Morgan fingerprint density at radius 2 is 1.88 bits per heavy atom. The molecule has 1 aliphatic rings. The molecule has 0 saturated heterocycles. The number of anilines is 2. The fourth-order valence-corrected chi connectivity index (χ4v) is 2.15. The lowest BCUT2D eigenvalue weighted by molar-refractivity contribution is 0.102. The number of rotatable bonds is 0. The lowest BCUT2D eigenvalue weighted by atomic mass is 10.00. The van der Waals surface area contributed by atoms with Crippen molar-refractivity contribution in [2.24, 2.45) is 0 Å². The van der Waals surface area contributed by atoms with Crippen molar-refractivity contribution in [1.29, 1.82) is 0 Å².